The molecule has 3 rings (SSSR count). The predicted octanol–water partition coefficient (Wildman–Crippen LogP) is 5.43. The van der Waals surface area contributed by atoms with Crippen molar-refractivity contribution in [1.82, 2.24) is 4.90 Å². The lowest BCUT2D eigenvalue weighted by molar-refractivity contribution is -0.145. The van der Waals surface area contributed by atoms with Crippen LogP contribution in [-0.4, -0.2) is 61.5 Å². The Morgan fingerprint density at radius 3 is 2.50 bits per heavy atom. The van der Waals surface area contributed by atoms with Gasteiger partial charge in [-0.3, -0.25) is 9.69 Å². The van der Waals surface area contributed by atoms with E-state index in [0.29, 0.717) is 52.4 Å². The van der Waals surface area contributed by atoms with Crippen LogP contribution in [0, 0.1) is 0 Å². The first kappa shape index (κ1) is 27.8. The average Bonchev–Trinajstić information content (AvgIpc) is 3.15. The number of amidine groups is 1. The Bertz CT molecular complexity index is 1120. The third-order valence-corrected chi connectivity index (χ3v) is 6.53. The Labute approximate surface area is 223 Å². The second-order valence-electron chi connectivity index (χ2n) is 7.34. The molecule has 10 heteroatoms. The smallest absolute Gasteiger partial charge is 0.344 e. The number of esters is 1. The normalized spacial score (nSPS) is 15.6. The Morgan fingerprint density at radius 2 is 1.81 bits per heavy atom. The molecule has 0 N–H and O–H groups in total. The van der Waals surface area contributed by atoms with Crippen LogP contribution in [0.4, 0.5) is 5.69 Å². The lowest BCUT2D eigenvalue weighted by Crippen LogP contribution is -2.32. The molecule has 36 heavy (non-hydrogen) atoms. The van der Waals surface area contributed by atoms with Gasteiger partial charge in [-0.05, 0) is 68.4 Å². The quantitative estimate of drug-likeness (QED) is 0.189. The van der Waals surface area contributed by atoms with Gasteiger partial charge in [-0.2, -0.15) is 0 Å². The Morgan fingerprint density at radius 1 is 1.06 bits per heavy atom. The number of aliphatic imine (C=N–C) groups is 1. The molecule has 8 nitrogen and oxygen atoms in total. The summed E-state index contributed by atoms with van der Waals surface area (Å²) in [6.07, 6.45) is 1.79. The third kappa shape index (κ3) is 7.59. The van der Waals surface area contributed by atoms with E-state index in [1.807, 2.05) is 44.2 Å². The summed E-state index contributed by atoms with van der Waals surface area (Å²) in [5.74, 6) is 0.238. The lowest BCUT2D eigenvalue weighted by atomic mass is 10.2. The zero-order valence-electron chi connectivity index (χ0n) is 20.5. The molecule has 2 aromatic rings. The topological polar surface area (TPSA) is 86.7 Å². The van der Waals surface area contributed by atoms with Gasteiger partial charge in [-0.15, -0.1) is 0 Å². The van der Waals surface area contributed by atoms with Gasteiger partial charge in [0.25, 0.3) is 5.91 Å². The first-order valence-electron chi connectivity index (χ1n) is 11.6. The highest BCUT2D eigenvalue weighted by Crippen LogP contribution is 2.39. The van der Waals surface area contributed by atoms with Crippen molar-refractivity contribution in [2.75, 3.05) is 39.6 Å². The number of carbonyl (C=O) groups excluding carboxylic acids is 2. The highest BCUT2D eigenvalue weighted by atomic mass is 79.9. The molecular formula is C26H29BrN2O6S. The minimum Gasteiger partial charge on any atom is -0.490 e. The van der Waals surface area contributed by atoms with Gasteiger partial charge in [0.05, 0.1) is 37.0 Å². The number of halogens is 1. The number of benzene rings is 2. The first-order chi connectivity index (χ1) is 17.5. The first-order valence-corrected chi connectivity index (χ1v) is 13.2. The standard InChI is InChI=1S/C26H29BrN2O6S/c1-4-32-13-12-29-25(31)23(36-26(29)28-19-10-8-7-9-11-19)15-18-14-21(33-5-2)22(16-20(18)27)35-17-24(30)34-6-3/h7-11,14-16H,4-6,12-13,17H2,1-3H3/b23-15-,28-26?. The average molecular weight is 577 g/mol. The van der Waals surface area contributed by atoms with Gasteiger partial charge in [-0.25, -0.2) is 9.79 Å². The summed E-state index contributed by atoms with van der Waals surface area (Å²) in [5, 5.41) is 0.590. The lowest BCUT2D eigenvalue weighted by Gasteiger charge is -2.15. The van der Waals surface area contributed by atoms with Crippen LogP contribution < -0.4 is 9.47 Å². The summed E-state index contributed by atoms with van der Waals surface area (Å²) in [4.78, 5) is 31.9. The second kappa shape index (κ2) is 14.1. The molecule has 0 unspecified atom stereocenters. The van der Waals surface area contributed by atoms with Gasteiger partial charge in [0.1, 0.15) is 0 Å². The third-order valence-electron chi connectivity index (χ3n) is 4.83. The summed E-state index contributed by atoms with van der Waals surface area (Å²) >= 11 is 4.86. The molecule has 1 amide bonds. The fourth-order valence-corrected chi connectivity index (χ4v) is 4.68. The van der Waals surface area contributed by atoms with E-state index >= 15 is 0 Å². The molecule has 1 aliphatic heterocycles. The predicted molar refractivity (Wildman–Crippen MR) is 145 cm³/mol. The maximum atomic E-state index is 13.3. The van der Waals surface area contributed by atoms with Crippen LogP contribution in [-0.2, 0) is 19.1 Å². The number of para-hydroxylation sites is 1. The summed E-state index contributed by atoms with van der Waals surface area (Å²) in [7, 11) is 0. The zero-order chi connectivity index (χ0) is 25.9. The summed E-state index contributed by atoms with van der Waals surface area (Å²) in [5.41, 5.74) is 1.49. The van der Waals surface area contributed by atoms with Crippen molar-refractivity contribution in [2.24, 2.45) is 4.99 Å². The molecule has 1 fully saturated rings. The Hall–Kier alpha value is -2.82. The zero-order valence-corrected chi connectivity index (χ0v) is 22.9. The number of thioether (sulfide) groups is 1. The van der Waals surface area contributed by atoms with Crippen LogP contribution in [0.5, 0.6) is 11.5 Å². The monoisotopic (exact) mass is 576 g/mol. The van der Waals surface area contributed by atoms with Crippen molar-refractivity contribution in [2.45, 2.75) is 20.8 Å². The van der Waals surface area contributed by atoms with Crippen molar-refractivity contribution in [3.63, 3.8) is 0 Å². The molecule has 2 aromatic carbocycles. The molecule has 0 aromatic heterocycles. The highest BCUT2D eigenvalue weighted by Gasteiger charge is 2.33. The number of carbonyl (C=O) groups is 2. The maximum absolute atomic E-state index is 13.3. The molecule has 1 heterocycles. The maximum Gasteiger partial charge on any atom is 0.344 e. The summed E-state index contributed by atoms with van der Waals surface area (Å²) in [6, 6.07) is 13.0. The number of hydrogen-bond donors (Lipinski definition) is 0. The van der Waals surface area contributed by atoms with E-state index < -0.39 is 5.97 Å². The minimum absolute atomic E-state index is 0.151. The van der Waals surface area contributed by atoms with Gasteiger partial charge < -0.3 is 18.9 Å². The van der Waals surface area contributed by atoms with Gasteiger partial charge in [0.15, 0.2) is 23.3 Å². The van der Waals surface area contributed by atoms with E-state index in [0.717, 1.165) is 11.3 Å². The Balaban J connectivity index is 1.90. The second-order valence-corrected chi connectivity index (χ2v) is 9.20. The van der Waals surface area contributed by atoms with Gasteiger partial charge in [0, 0.05) is 11.1 Å². The Kier molecular flexibility index (Phi) is 10.8. The van der Waals surface area contributed by atoms with Gasteiger partial charge >= 0.3 is 5.97 Å². The molecule has 0 bridgehead atoms. The van der Waals surface area contributed by atoms with Crippen LogP contribution in [0.3, 0.4) is 0 Å². The SMILES string of the molecule is CCOCCN1C(=O)/C(=C/c2cc(OCC)c(OCC(=O)OCC)cc2Br)SC1=Nc1ccccc1. The molecule has 0 radical (unpaired) electrons. The van der Waals surface area contributed by atoms with Crippen LogP contribution in [0.25, 0.3) is 6.08 Å². The number of rotatable bonds is 12. The fraction of sp³-hybridized carbons (Fsp3) is 0.346. The molecule has 0 atom stereocenters. The van der Waals surface area contributed by atoms with E-state index in [2.05, 4.69) is 20.9 Å². The largest absolute Gasteiger partial charge is 0.490 e. The molecule has 1 saturated heterocycles. The van der Waals surface area contributed by atoms with Crippen molar-refractivity contribution in [3.8, 4) is 11.5 Å². The van der Waals surface area contributed by atoms with Crippen molar-refractivity contribution in [1.29, 1.82) is 0 Å². The van der Waals surface area contributed by atoms with Crippen LogP contribution >= 0.6 is 27.7 Å². The van der Waals surface area contributed by atoms with Crippen LogP contribution in [0.2, 0.25) is 0 Å². The number of nitrogens with zero attached hydrogens (tertiary/aromatic N) is 2. The summed E-state index contributed by atoms with van der Waals surface area (Å²) in [6.45, 7) is 7.33. The highest BCUT2D eigenvalue weighted by molar-refractivity contribution is 9.10. The number of amides is 1. The van der Waals surface area contributed by atoms with Crippen molar-refractivity contribution >= 4 is 56.5 Å². The molecular weight excluding hydrogens is 548 g/mol. The number of hydrogen-bond acceptors (Lipinski definition) is 8. The number of ether oxygens (including phenoxy) is 4. The molecule has 0 spiro atoms. The molecule has 0 aliphatic carbocycles. The van der Waals surface area contributed by atoms with E-state index in [9.17, 15) is 9.59 Å². The van der Waals surface area contributed by atoms with E-state index in [1.165, 1.54) is 11.8 Å². The van der Waals surface area contributed by atoms with Gasteiger partial charge in [0.2, 0.25) is 0 Å². The van der Waals surface area contributed by atoms with E-state index in [1.54, 1.807) is 30.0 Å². The van der Waals surface area contributed by atoms with E-state index in [4.69, 9.17) is 18.9 Å². The van der Waals surface area contributed by atoms with Gasteiger partial charge in [-0.1, -0.05) is 34.1 Å². The van der Waals surface area contributed by atoms with Crippen LogP contribution in [0.1, 0.15) is 26.3 Å². The molecule has 0 saturated carbocycles. The van der Waals surface area contributed by atoms with Crippen LogP contribution in [0.15, 0.2) is 56.8 Å². The van der Waals surface area contributed by atoms with Crippen molar-refractivity contribution < 1.29 is 28.5 Å². The molecule has 192 valence electrons. The van der Waals surface area contributed by atoms with E-state index in [-0.39, 0.29) is 19.1 Å². The van der Waals surface area contributed by atoms with Crippen molar-refractivity contribution in [3.05, 3.63) is 57.4 Å². The summed E-state index contributed by atoms with van der Waals surface area (Å²) < 4.78 is 22.4. The fourth-order valence-electron chi connectivity index (χ4n) is 3.22. The minimum atomic E-state index is -0.465. The molecule has 1 aliphatic rings.